The van der Waals surface area contributed by atoms with Crippen LogP contribution in [0.25, 0.3) is 0 Å². The molecule has 0 bridgehead atoms. The molecule has 562 valence electrons. The van der Waals surface area contributed by atoms with Gasteiger partial charge in [-0.3, -0.25) is 81.5 Å². The number of rotatable bonds is 47. The molecule has 0 saturated carbocycles. The van der Waals surface area contributed by atoms with E-state index in [4.69, 9.17) is 17.2 Å². The van der Waals surface area contributed by atoms with Crippen LogP contribution in [-0.2, 0) is 81.5 Å². The molecular formula is C64H113N17O18. The van der Waals surface area contributed by atoms with Crippen molar-refractivity contribution in [3.8, 4) is 0 Å². The largest absolute Gasteiger partial charge is 0.481 e. The SMILES string of the molecule is CC(C)C[C@H](NC(=O)CNC(=O)[C@H](CC(C)C)NC(=O)CNC(=O)CNC(=O)[C@H](CC(C)C)NC(=O)[C@H](CC(C)C)NC(=O)[C@H](CC(N)=O)NC(=O)CNC(=O)[C@@H](NC(=O)[C@@H](NC(=O)[C@H](CC(=O)O)NC(=O)[C@H](CC(C)C)NC(=O)[C@H](CC(C)C)NC(=O)CN)C(C)C)C(C)C)C(N)=O. The van der Waals surface area contributed by atoms with Gasteiger partial charge in [0.2, 0.25) is 94.5 Å². The molecule has 0 heterocycles. The Bertz CT molecular complexity index is 2790. The fraction of sp³-hybridized carbons (Fsp3) is 0.734. The van der Waals surface area contributed by atoms with E-state index in [1.165, 1.54) is 13.8 Å². The number of carboxylic acids is 1. The van der Waals surface area contributed by atoms with E-state index in [0.717, 1.165) is 0 Å². The quantitative estimate of drug-likeness (QED) is 0.0274. The van der Waals surface area contributed by atoms with Gasteiger partial charge in [-0.2, -0.15) is 0 Å². The summed E-state index contributed by atoms with van der Waals surface area (Å²) in [6.45, 7) is 24.3. The molecule has 0 unspecified atom stereocenters. The lowest BCUT2D eigenvalue weighted by molar-refractivity contribution is -0.142. The Balaban J connectivity index is 6.17. The molecule has 0 aromatic carbocycles. The van der Waals surface area contributed by atoms with Gasteiger partial charge in [0.25, 0.3) is 0 Å². The Morgan fingerprint density at radius 3 is 0.909 bits per heavy atom. The maximum atomic E-state index is 14.0. The van der Waals surface area contributed by atoms with Gasteiger partial charge in [0.05, 0.1) is 45.6 Å². The smallest absolute Gasteiger partial charge is 0.305 e. The van der Waals surface area contributed by atoms with E-state index >= 15 is 0 Å². The molecule has 99 heavy (non-hydrogen) atoms. The summed E-state index contributed by atoms with van der Waals surface area (Å²) >= 11 is 0. The summed E-state index contributed by atoms with van der Waals surface area (Å²) in [4.78, 5) is 224. The van der Waals surface area contributed by atoms with E-state index in [0.29, 0.717) is 0 Å². The Hall–Kier alpha value is -9.05. The number of hydrogen-bond acceptors (Lipinski definition) is 18. The molecule has 35 heteroatoms. The van der Waals surface area contributed by atoms with Gasteiger partial charge in [-0.1, -0.05) is 111 Å². The minimum Gasteiger partial charge on any atom is -0.481 e. The Morgan fingerprint density at radius 2 is 0.545 bits per heavy atom. The number of nitrogens with one attached hydrogen (secondary N) is 14. The molecule has 0 saturated heterocycles. The molecule has 0 aliphatic carbocycles. The first-order chi connectivity index (χ1) is 45.9. The minimum absolute atomic E-state index is 0.0235. The molecular weight excluding hydrogens is 1290 g/mol. The summed E-state index contributed by atoms with van der Waals surface area (Å²) in [6, 6.07) is -13.6. The van der Waals surface area contributed by atoms with Gasteiger partial charge < -0.3 is 96.7 Å². The fourth-order valence-electron chi connectivity index (χ4n) is 9.77. The predicted molar refractivity (Wildman–Crippen MR) is 362 cm³/mol. The van der Waals surface area contributed by atoms with Crippen LogP contribution in [-0.4, -0.2) is 199 Å². The highest BCUT2D eigenvalue weighted by Crippen LogP contribution is 2.14. The number of aliphatic carboxylic acids is 1. The highest BCUT2D eigenvalue weighted by atomic mass is 16.4. The van der Waals surface area contributed by atoms with Crippen molar-refractivity contribution < 1.29 is 86.6 Å². The van der Waals surface area contributed by atoms with E-state index in [-0.39, 0.29) is 74.0 Å². The lowest BCUT2D eigenvalue weighted by atomic mass is 9.98. The number of primary amides is 2. The Morgan fingerprint density at radius 1 is 0.283 bits per heavy atom. The third kappa shape index (κ3) is 38.0. The lowest BCUT2D eigenvalue weighted by Crippen LogP contribution is -2.61. The monoisotopic (exact) mass is 1410 g/mol. The van der Waals surface area contributed by atoms with Crippen LogP contribution in [0.15, 0.2) is 0 Å². The number of carbonyl (C=O) groups is 17. The third-order valence-electron chi connectivity index (χ3n) is 14.6. The highest BCUT2D eigenvalue weighted by Gasteiger charge is 2.37. The van der Waals surface area contributed by atoms with Gasteiger partial charge in [0, 0.05) is 0 Å². The summed E-state index contributed by atoms with van der Waals surface area (Å²) in [5.41, 5.74) is 16.3. The average Bonchev–Trinajstić information content (AvgIpc) is 0.859. The zero-order valence-corrected chi connectivity index (χ0v) is 60.2. The van der Waals surface area contributed by atoms with Crippen molar-refractivity contribution in [2.24, 2.45) is 64.5 Å². The highest BCUT2D eigenvalue weighted by molar-refractivity contribution is 6.00. The van der Waals surface area contributed by atoms with Crippen LogP contribution in [0.4, 0.5) is 0 Å². The van der Waals surface area contributed by atoms with E-state index in [2.05, 4.69) is 74.4 Å². The van der Waals surface area contributed by atoms with Crippen LogP contribution in [0.5, 0.6) is 0 Å². The maximum Gasteiger partial charge on any atom is 0.305 e. The molecule has 0 rings (SSSR count). The topological polar surface area (TPSA) is 557 Å². The molecule has 0 aliphatic rings. The van der Waals surface area contributed by atoms with Crippen LogP contribution in [0.3, 0.4) is 0 Å². The second-order valence-corrected chi connectivity index (χ2v) is 27.8. The summed E-state index contributed by atoms with van der Waals surface area (Å²) in [5.74, 6) is -17.8. The Kier molecular flexibility index (Phi) is 41.4. The van der Waals surface area contributed by atoms with E-state index in [9.17, 15) is 86.6 Å². The summed E-state index contributed by atoms with van der Waals surface area (Å²) in [7, 11) is 0. The molecule has 0 fully saturated rings. The lowest BCUT2D eigenvalue weighted by Gasteiger charge is -2.29. The zero-order valence-electron chi connectivity index (χ0n) is 60.2. The number of nitrogens with two attached hydrogens (primary N) is 3. The van der Waals surface area contributed by atoms with Gasteiger partial charge >= 0.3 is 5.97 Å². The molecule has 0 aromatic rings. The number of carboxylic acid groups (broad SMARTS) is 1. The van der Waals surface area contributed by atoms with Crippen LogP contribution < -0.4 is 91.6 Å². The average molecular weight is 1410 g/mol. The van der Waals surface area contributed by atoms with Crippen LogP contribution >= 0.6 is 0 Å². The molecule has 35 nitrogen and oxygen atoms in total. The summed E-state index contributed by atoms with van der Waals surface area (Å²) in [6.07, 6.45) is -1.17. The summed E-state index contributed by atoms with van der Waals surface area (Å²) in [5, 5.41) is 44.1. The summed E-state index contributed by atoms with van der Waals surface area (Å²) < 4.78 is 0. The van der Waals surface area contributed by atoms with Gasteiger partial charge in [0.15, 0.2) is 0 Å². The van der Waals surface area contributed by atoms with Crippen LogP contribution in [0.2, 0.25) is 0 Å². The van der Waals surface area contributed by atoms with Gasteiger partial charge in [-0.15, -0.1) is 0 Å². The Labute approximate surface area is 579 Å². The first-order valence-electron chi connectivity index (χ1n) is 33.5. The fourth-order valence-corrected chi connectivity index (χ4v) is 9.77. The number of amides is 16. The standard InChI is InChI=1S/C64H113N17O18/c1-30(2)17-38(55(67)90)72-50(86)28-70-56(91)39(18-31(3)4)74-49(85)27-68-48(84)26-69-57(92)40(19-32(5)6)76-59(94)42(21-34(9)10)78-61(96)44(23-46(66)82)75-51(87)29-71-63(98)53(36(13)14)81-64(99)54(37(15)16)80-62(97)45(24-52(88)89)79-60(95)43(22-35(11)12)77-58(93)41(20-33(7)8)73-47(83)25-65/h30-45,53-54H,17-29,65H2,1-16H3,(H2,66,82)(H2,67,90)(H,68,84)(H,69,92)(H,70,91)(H,71,98)(H,72,86)(H,73,83)(H,74,85)(H,75,87)(H,76,94)(H,77,93)(H,78,96)(H,79,95)(H,80,97)(H,81,99)(H,88,89)/t38-,39-,40-,41-,42-,43-,44-,45-,53-,54-/m0/s1. The molecule has 0 aromatic heterocycles. The van der Waals surface area contributed by atoms with Crippen LogP contribution in [0.1, 0.15) is 162 Å². The van der Waals surface area contributed by atoms with Crippen molar-refractivity contribution in [2.45, 2.75) is 223 Å². The second kappa shape index (κ2) is 45.5. The second-order valence-electron chi connectivity index (χ2n) is 27.8. The minimum atomic E-state index is -1.80. The maximum absolute atomic E-state index is 14.0. The van der Waals surface area contributed by atoms with Crippen LogP contribution in [0, 0.1) is 47.3 Å². The predicted octanol–water partition coefficient (Wildman–Crippen LogP) is -4.32. The van der Waals surface area contributed by atoms with E-state index < -0.39 is 218 Å². The molecule has 10 atom stereocenters. The van der Waals surface area contributed by atoms with Gasteiger partial charge in [-0.05, 0) is 85.9 Å². The normalized spacial score (nSPS) is 14.4. The van der Waals surface area contributed by atoms with Gasteiger partial charge in [-0.25, -0.2) is 0 Å². The van der Waals surface area contributed by atoms with E-state index in [1.54, 1.807) is 83.1 Å². The van der Waals surface area contributed by atoms with Crippen molar-refractivity contribution in [3.05, 3.63) is 0 Å². The van der Waals surface area contributed by atoms with Crippen molar-refractivity contribution in [1.82, 2.24) is 74.4 Å². The van der Waals surface area contributed by atoms with Gasteiger partial charge in [0.1, 0.15) is 60.4 Å². The van der Waals surface area contributed by atoms with E-state index in [1.807, 2.05) is 13.8 Å². The molecule has 0 radical (unpaired) electrons. The molecule has 0 aliphatic heterocycles. The number of hydrogen-bond donors (Lipinski definition) is 18. The first-order valence-corrected chi connectivity index (χ1v) is 33.5. The molecule has 21 N–H and O–H groups in total. The van der Waals surface area contributed by atoms with Crippen molar-refractivity contribution >= 4 is 100 Å². The van der Waals surface area contributed by atoms with Crippen molar-refractivity contribution in [2.75, 3.05) is 32.7 Å². The molecule has 16 amide bonds. The third-order valence-corrected chi connectivity index (χ3v) is 14.6. The van der Waals surface area contributed by atoms with Crippen molar-refractivity contribution in [1.29, 1.82) is 0 Å². The molecule has 0 spiro atoms. The number of carbonyl (C=O) groups excluding carboxylic acids is 16. The first kappa shape index (κ1) is 90.0. The zero-order chi connectivity index (χ0) is 76.3. The van der Waals surface area contributed by atoms with Crippen molar-refractivity contribution in [3.63, 3.8) is 0 Å².